The van der Waals surface area contributed by atoms with Gasteiger partial charge in [-0.15, -0.1) is 0 Å². The van der Waals surface area contributed by atoms with Gasteiger partial charge in [0, 0.05) is 26.2 Å². The van der Waals surface area contributed by atoms with E-state index in [0.717, 1.165) is 0 Å². The van der Waals surface area contributed by atoms with Gasteiger partial charge >= 0.3 is 6.09 Å². The van der Waals surface area contributed by atoms with Crippen molar-refractivity contribution in [2.75, 3.05) is 42.1 Å². The number of amides is 1. The van der Waals surface area contributed by atoms with Gasteiger partial charge in [0.1, 0.15) is 11.4 Å². The van der Waals surface area contributed by atoms with Gasteiger partial charge in [-0.1, -0.05) is 5.92 Å². The number of ether oxygens (including phenoxy) is 1. The molecule has 1 saturated heterocycles. The molecule has 0 atom stereocenters. The molecule has 28 heavy (non-hydrogen) atoms. The fraction of sp³-hybridized carbons (Fsp3) is 0.611. The Balaban J connectivity index is 2.14. The molecule has 2 rings (SSSR count). The Morgan fingerprint density at radius 2 is 1.93 bits per heavy atom. The monoisotopic (exact) mass is 409 g/mol. The molecule has 1 N–H and O–H groups in total. The number of carbonyl (C=O) groups is 1. The van der Waals surface area contributed by atoms with Crippen LogP contribution >= 0.6 is 0 Å². The lowest BCUT2D eigenvalue weighted by molar-refractivity contribution is 0.0635. The van der Waals surface area contributed by atoms with E-state index in [1.807, 2.05) is 4.90 Å². The number of hydrogen-bond donors (Lipinski definition) is 1. The highest BCUT2D eigenvalue weighted by Gasteiger charge is 2.26. The quantitative estimate of drug-likeness (QED) is 0.754. The van der Waals surface area contributed by atoms with E-state index >= 15 is 0 Å². The van der Waals surface area contributed by atoms with Gasteiger partial charge in [0.05, 0.1) is 11.9 Å². The molecule has 0 aliphatic carbocycles. The van der Waals surface area contributed by atoms with Crippen molar-refractivity contribution in [1.29, 1.82) is 0 Å². The summed E-state index contributed by atoms with van der Waals surface area (Å²) in [7, 11) is -3.19. The minimum atomic E-state index is -3.19. The van der Waals surface area contributed by atoms with Crippen LogP contribution in [0.15, 0.2) is 6.20 Å². The minimum Gasteiger partial charge on any atom is -0.444 e. The Morgan fingerprint density at radius 1 is 1.29 bits per heavy atom. The standard InChI is InChI=1S/C18H27N5O4S/c1-6-8-14-16(21-17(24)27-18(3,4)5)19-13-15(20-14)22-9-11-23(12-10-22)28(25,26)7-2/h13H,7,9-12H2,1-5H3,(H,19,21,24). The summed E-state index contributed by atoms with van der Waals surface area (Å²) in [5.74, 6) is 6.50. The largest absolute Gasteiger partial charge is 0.444 e. The third-order valence-electron chi connectivity index (χ3n) is 3.94. The lowest BCUT2D eigenvalue weighted by Crippen LogP contribution is -2.49. The molecule has 1 fully saturated rings. The zero-order chi connectivity index (χ0) is 20.9. The van der Waals surface area contributed by atoms with Crippen LogP contribution in [0.1, 0.15) is 40.3 Å². The summed E-state index contributed by atoms with van der Waals surface area (Å²) >= 11 is 0. The summed E-state index contributed by atoms with van der Waals surface area (Å²) in [4.78, 5) is 22.7. The van der Waals surface area contributed by atoms with Gasteiger partial charge in [-0.25, -0.2) is 23.2 Å². The fourth-order valence-corrected chi connectivity index (χ4v) is 3.69. The van der Waals surface area contributed by atoms with E-state index in [-0.39, 0.29) is 11.6 Å². The number of anilines is 2. The summed E-state index contributed by atoms with van der Waals surface area (Å²) < 4.78 is 30.7. The number of piperazine rings is 1. The molecular formula is C18H27N5O4S. The average Bonchev–Trinajstić information content (AvgIpc) is 2.62. The van der Waals surface area contributed by atoms with Crippen LogP contribution in [0.25, 0.3) is 0 Å². The van der Waals surface area contributed by atoms with Gasteiger partial charge < -0.3 is 9.64 Å². The first-order valence-electron chi connectivity index (χ1n) is 9.08. The molecule has 1 aliphatic heterocycles. The lowest BCUT2D eigenvalue weighted by Gasteiger charge is -2.34. The first-order valence-corrected chi connectivity index (χ1v) is 10.7. The Morgan fingerprint density at radius 3 is 2.46 bits per heavy atom. The lowest BCUT2D eigenvalue weighted by atomic mass is 10.2. The van der Waals surface area contributed by atoms with Crippen molar-refractivity contribution in [3.63, 3.8) is 0 Å². The topological polar surface area (TPSA) is 105 Å². The SMILES string of the molecule is CC#Cc1nc(N2CCN(S(=O)(=O)CC)CC2)cnc1NC(=O)OC(C)(C)C. The number of rotatable bonds is 4. The molecule has 1 aromatic heterocycles. The van der Waals surface area contributed by atoms with E-state index in [1.165, 1.54) is 10.5 Å². The number of hydrogen-bond acceptors (Lipinski definition) is 7. The number of nitrogens with one attached hydrogen (secondary N) is 1. The van der Waals surface area contributed by atoms with Crippen molar-refractivity contribution in [2.45, 2.75) is 40.2 Å². The molecule has 0 aromatic carbocycles. The second kappa shape index (κ2) is 8.75. The third-order valence-corrected chi connectivity index (χ3v) is 5.82. The molecule has 0 bridgehead atoms. The van der Waals surface area contributed by atoms with E-state index in [4.69, 9.17) is 4.74 Å². The van der Waals surface area contributed by atoms with Crippen molar-refractivity contribution in [3.05, 3.63) is 11.9 Å². The molecule has 2 heterocycles. The Hall–Kier alpha value is -2.38. The van der Waals surface area contributed by atoms with Crippen LogP contribution in [0, 0.1) is 11.8 Å². The van der Waals surface area contributed by atoms with Crippen molar-refractivity contribution in [3.8, 4) is 11.8 Å². The molecular weight excluding hydrogens is 382 g/mol. The first kappa shape index (κ1) is 21.9. The summed E-state index contributed by atoms with van der Waals surface area (Å²) in [5, 5.41) is 2.57. The number of aromatic nitrogens is 2. The predicted octanol–water partition coefficient (Wildman–Crippen LogP) is 1.67. The summed E-state index contributed by atoms with van der Waals surface area (Å²) in [5.41, 5.74) is -0.304. The third kappa shape index (κ3) is 5.81. The summed E-state index contributed by atoms with van der Waals surface area (Å²) in [6, 6.07) is 0. The Labute approximate surface area is 166 Å². The average molecular weight is 410 g/mol. The normalized spacial score (nSPS) is 15.5. The molecule has 0 unspecified atom stereocenters. The van der Waals surface area contributed by atoms with Crippen LogP contribution in [0.5, 0.6) is 0 Å². The van der Waals surface area contributed by atoms with E-state index in [2.05, 4.69) is 27.1 Å². The van der Waals surface area contributed by atoms with Gasteiger partial charge in [-0.3, -0.25) is 5.32 Å². The molecule has 9 nitrogen and oxygen atoms in total. The maximum Gasteiger partial charge on any atom is 0.413 e. The molecule has 0 radical (unpaired) electrons. The van der Waals surface area contributed by atoms with Crippen LogP contribution in [0.3, 0.4) is 0 Å². The number of sulfonamides is 1. The fourth-order valence-electron chi connectivity index (χ4n) is 2.61. The van der Waals surface area contributed by atoms with Crippen LogP contribution in [-0.2, 0) is 14.8 Å². The van der Waals surface area contributed by atoms with Gasteiger partial charge in [-0.05, 0) is 40.5 Å². The molecule has 10 heteroatoms. The van der Waals surface area contributed by atoms with Gasteiger partial charge in [0.25, 0.3) is 0 Å². The zero-order valence-corrected chi connectivity index (χ0v) is 17.8. The Kier molecular flexibility index (Phi) is 6.85. The predicted molar refractivity (Wildman–Crippen MR) is 108 cm³/mol. The Bertz CT molecular complexity index is 875. The highest BCUT2D eigenvalue weighted by Crippen LogP contribution is 2.19. The van der Waals surface area contributed by atoms with E-state index in [9.17, 15) is 13.2 Å². The van der Waals surface area contributed by atoms with Crippen molar-refractivity contribution in [1.82, 2.24) is 14.3 Å². The maximum absolute atomic E-state index is 12.0. The molecule has 154 valence electrons. The van der Waals surface area contributed by atoms with E-state index in [0.29, 0.717) is 37.7 Å². The van der Waals surface area contributed by atoms with Gasteiger partial charge in [0.2, 0.25) is 10.0 Å². The highest BCUT2D eigenvalue weighted by atomic mass is 32.2. The van der Waals surface area contributed by atoms with E-state index in [1.54, 1.807) is 34.6 Å². The second-order valence-corrected chi connectivity index (χ2v) is 9.47. The number of nitrogens with zero attached hydrogens (tertiary/aromatic N) is 4. The minimum absolute atomic E-state index is 0.0913. The summed E-state index contributed by atoms with van der Waals surface area (Å²) in [6.07, 6.45) is 0.907. The van der Waals surface area contributed by atoms with Crippen LogP contribution in [-0.4, -0.2) is 66.3 Å². The maximum atomic E-state index is 12.0. The van der Waals surface area contributed by atoms with Gasteiger partial charge in [0.15, 0.2) is 11.5 Å². The summed E-state index contributed by atoms with van der Waals surface area (Å²) in [6.45, 7) is 10.4. The zero-order valence-electron chi connectivity index (χ0n) is 16.9. The molecule has 0 saturated carbocycles. The molecule has 1 amide bonds. The van der Waals surface area contributed by atoms with Crippen molar-refractivity contribution in [2.24, 2.45) is 0 Å². The van der Waals surface area contributed by atoms with Crippen molar-refractivity contribution < 1.29 is 17.9 Å². The molecule has 1 aromatic rings. The van der Waals surface area contributed by atoms with Crippen LogP contribution in [0.4, 0.5) is 16.4 Å². The molecule has 0 spiro atoms. The first-order chi connectivity index (χ1) is 13.1. The smallest absolute Gasteiger partial charge is 0.413 e. The van der Waals surface area contributed by atoms with Gasteiger partial charge in [-0.2, -0.15) is 4.31 Å². The second-order valence-electron chi connectivity index (χ2n) is 7.21. The van der Waals surface area contributed by atoms with E-state index < -0.39 is 21.7 Å². The van der Waals surface area contributed by atoms with Crippen LogP contribution in [0.2, 0.25) is 0 Å². The van der Waals surface area contributed by atoms with Crippen LogP contribution < -0.4 is 10.2 Å². The van der Waals surface area contributed by atoms with Crippen molar-refractivity contribution >= 4 is 27.8 Å². The molecule has 1 aliphatic rings. The number of carbonyl (C=O) groups excluding carboxylic acids is 1. The highest BCUT2D eigenvalue weighted by molar-refractivity contribution is 7.89.